The molecule has 7 heteroatoms. The lowest BCUT2D eigenvalue weighted by Gasteiger charge is -2.45. The molecule has 3 heterocycles. The van der Waals surface area contributed by atoms with Gasteiger partial charge in [-0.25, -0.2) is 0 Å². The Labute approximate surface area is 213 Å². The highest BCUT2D eigenvalue weighted by Gasteiger charge is 2.54. The second kappa shape index (κ2) is 9.71. The number of fused-ring (bicyclic) bond motifs is 2. The Kier molecular flexibility index (Phi) is 6.62. The Hall–Kier alpha value is -3.16. The van der Waals surface area contributed by atoms with Crippen LogP contribution in [-0.4, -0.2) is 65.4 Å². The molecular formula is C29H37N5O2. The summed E-state index contributed by atoms with van der Waals surface area (Å²) in [6.07, 6.45) is 0.931. The molecule has 2 aliphatic rings. The van der Waals surface area contributed by atoms with E-state index in [1.807, 2.05) is 6.07 Å². The predicted octanol–water partition coefficient (Wildman–Crippen LogP) is 3.28. The molecule has 36 heavy (non-hydrogen) atoms. The zero-order valence-electron chi connectivity index (χ0n) is 21.7. The van der Waals surface area contributed by atoms with E-state index in [0.29, 0.717) is 25.6 Å². The number of hydrogen-bond acceptors (Lipinski definition) is 4. The number of likely N-dealkylation sites (tertiary alicyclic amines) is 2. The molecule has 1 aromatic heterocycles. The largest absolute Gasteiger partial charge is 0.358 e. The van der Waals surface area contributed by atoms with Crippen LogP contribution >= 0.6 is 0 Å². The lowest BCUT2D eigenvalue weighted by atomic mass is 9.75. The van der Waals surface area contributed by atoms with Gasteiger partial charge in [-0.15, -0.1) is 0 Å². The van der Waals surface area contributed by atoms with Crippen LogP contribution in [0.1, 0.15) is 41.8 Å². The van der Waals surface area contributed by atoms with Gasteiger partial charge in [-0.2, -0.15) is 0 Å². The van der Waals surface area contributed by atoms with Crippen molar-refractivity contribution in [3.05, 3.63) is 70.9 Å². The summed E-state index contributed by atoms with van der Waals surface area (Å²) in [7, 11) is 2.14. The summed E-state index contributed by atoms with van der Waals surface area (Å²) in [6, 6.07) is 17.1. The van der Waals surface area contributed by atoms with Crippen LogP contribution in [0.25, 0.3) is 10.9 Å². The molecule has 190 valence electrons. The van der Waals surface area contributed by atoms with Gasteiger partial charge in [-0.1, -0.05) is 36.4 Å². The summed E-state index contributed by atoms with van der Waals surface area (Å²) < 4.78 is 0. The Balaban J connectivity index is 1.25. The molecule has 5 rings (SSSR count). The van der Waals surface area contributed by atoms with E-state index in [4.69, 9.17) is 0 Å². The number of aromatic nitrogens is 1. The van der Waals surface area contributed by atoms with Crippen molar-refractivity contribution in [3.8, 4) is 0 Å². The van der Waals surface area contributed by atoms with E-state index in [9.17, 15) is 9.59 Å². The number of nitrogens with one attached hydrogen (secondary N) is 3. The number of carbonyl (C=O) groups is 2. The van der Waals surface area contributed by atoms with Gasteiger partial charge >= 0.3 is 0 Å². The maximum atomic E-state index is 12.9. The molecule has 0 saturated carbocycles. The quantitative estimate of drug-likeness (QED) is 0.499. The standard InChI is InChI=1S/C29H37N5O2/c1-19-20(2)31-26-11-10-22(14-24(19)26)15-30-27(36)16-34-13-12-25-28(23-8-6-5-7-9-23)33(4)17-29(25,18-34)32-21(3)35/h5-11,14,25,28,31H,12-13,15-18H2,1-4H3,(H,30,36)(H,32,35)/t25-,28-,29+/m1/s1. The fraction of sp³-hybridized carbons (Fsp3) is 0.448. The lowest BCUT2D eigenvalue weighted by Crippen LogP contribution is -2.64. The van der Waals surface area contributed by atoms with Gasteiger partial charge in [0.1, 0.15) is 0 Å². The molecule has 2 fully saturated rings. The van der Waals surface area contributed by atoms with Crippen LogP contribution in [-0.2, 0) is 16.1 Å². The van der Waals surface area contributed by atoms with Crippen LogP contribution in [0.2, 0.25) is 0 Å². The number of aryl methyl sites for hydroxylation is 2. The van der Waals surface area contributed by atoms with Crippen molar-refractivity contribution < 1.29 is 9.59 Å². The molecular weight excluding hydrogens is 450 g/mol. The highest BCUT2D eigenvalue weighted by molar-refractivity contribution is 5.85. The van der Waals surface area contributed by atoms with Crippen LogP contribution in [0.3, 0.4) is 0 Å². The van der Waals surface area contributed by atoms with E-state index in [-0.39, 0.29) is 23.4 Å². The molecule has 0 bridgehead atoms. The van der Waals surface area contributed by atoms with Crippen molar-refractivity contribution in [1.29, 1.82) is 0 Å². The van der Waals surface area contributed by atoms with Crippen LogP contribution in [0, 0.1) is 19.8 Å². The number of rotatable bonds is 6. The van der Waals surface area contributed by atoms with Crippen molar-refractivity contribution in [2.75, 3.05) is 33.2 Å². The molecule has 2 aromatic carbocycles. The van der Waals surface area contributed by atoms with Crippen LogP contribution in [0.15, 0.2) is 48.5 Å². The SMILES string of the molecule is CC(=O)N[C@@]12CN(CC(=O)NCc3ccc4[nH]c(C)c(C)c4c3)CC[C@@H]1[C@@H](c1ccccc1)N(C)C2. The van der Waals surface area contributed by atoms with E-state index in [1.54, 1.807) is 6.92 Å². The van der Waals surface area contributed by atoms with E-state index >= 15 is 0 Å². The number of nitrogens with zero attached hydrogens (tertiary/aromatic N) is 2. The third kappa shape index (κ3) is 4.65. The van der Waals surface area contributed by atoms with Gasteiger partial charge in [0.25, 0.3) is 0 Å². The molecule has 2 amide bonds. The van der Waals surface area contributed by atoms with Gasteiger partial charge in [-0.05, 0) is 62.7 Å². The maximum Gasteiger partial charge on any atom is 0.234 e. The molecule has 0 radical (unpaired) electrons. The molecule has 0 unspecified atom stereocenters. The number of piperidine rings is 1. The normalized spacial score (nSPS) is 24.6. The van der Waals surface area contributed by atoms with E-state index in [0.717, 1.165) is 30.6 Å². The minimum Gasteiger partial charge on any atom is -0.358 e. The number of likely N-dealkylation sites (N-methyl/N-ethyl adjacent to an activating group) is 1. The van der Waals surface area contributed by atoms with Crippen molar-refractivity contribution in [2.24, 2.45) is 5.92 Å². The number of aromatic amines is 1. The zero-order chi connectivity index (χ0) is 25.4. The van der Waals surface area contributed by atoms with Gasteiger partial charge in [0.05, 0.1) is 12.1 Å². The Morgan fingerprint density at radius 3 is 2.64 bits per heavy atom. The average Bonchev–Trinajstić information content (AvgIpc) is 3.28. The van der Waals surface area contributed by atoms with Crippen molar-refractivity contribution >= 4 is 22.7 Å². The summed E-state index contributed by atoms with van der Waals surface area (Å²) in [5.74, 6) is 0.298. The second-order valence-corrected chi connectivity index (χ2v) is 10.7. The number of carbonyl (C=O) groups excluding carboxylic acids is 2. The van der Waals surface area contributed by atoms with E-state index < -0.39 is 0 Å². The van der Waals surface area contributed by atoms with Crippen molar-refractivity contribution in [2.45, 2.75) is 45.3 Å². The molecule has 3 N–H and O–H groups in total. The zero-order valence-corrected chi connectivity index (χ0v) is 21.7. The first-order valence-electron chi connectivity index (χ1n) is 12.9. The van der Waals surface area contributed by atoms with E-state index in [2.05, 4.69) is 88.8 Å². The minimum absolute atomic E-state index is 0.0134. The van der Waals surface area contributed by atoms with Crippen molar-refractivity contribution in [1.82, 2.24) is 25.4 Å². The Bertz CT molecular complexity index is 1270. The summed E-state index contributed by atoms with van der Waals surface area (Å²) in [6.45, 7) is 8.91. The first-order chi connectivity index (χ1) is 17.3. The fourth-order valence-electron chi connectivity index (χ4n) is 6.54. The Morgan fingerprint density at radius 2 is 1.89 bits per heavy atom. The van der Waals surface area contributed by atoms with Gasteiger partial charge < -0.3 is 15.6 Å². The van der Waals surface area contributed by atoms with Gasteiger partial charge in [0, 0.05) is 55.1 Å². The minimum atomic E-state index is -0.367. The summed E-state index contributed by atoms with van der Waals surface area (Å²) in [4.78, 5) is 33.2. The number of hydrogen-bond donors (Lipinski definition) is 3. The monoisotopic (exact) mass is 487 g/mol. The summed E-state index contributed by atoms with van der Waals surface area (Å²) >= 11 is 0. The topological polar surface area (TPSA) is 80.5 Å². The molecule has 0 aliphatic carbocycles. The molecule has 2 saturated heterocycles. The Morgan fingerprint density at radius 1 is 1.11 bits per heavy atom. The average molecular weight is 488 g/mol. The van der Waals surface area contributed by atoms with E-state index in [1.165, 1.54) is 22.2 Å². The first-order valence-corrected chi connectivity index (χ1v) is 12.9. The van der Waals surface area contributed by atoms with Gasteiger partial charge in [0.15, 0.2) is 0 Å². The number of amides is 2. The van der Waals surface area contributed by atoms with Gasteiger partial charge in [0.2, 0.25) is 11.8 Å². The molecule has 3 atom stereocenters. The molecule has 7 nitrogen and oxygen atoms in total. The number of H-pyrrole nitrogens is 1. The van der Waals surface area contributed by atoms with Crippen molar-refractivity contribution in [3.63, 3.8) is 0 Å². The third-order valence-corrected chi connectivity index (χ3v) is 8.16. The molecule has 2 aliphatic heterocycles. The number of benzene rings is 2. The second-order valence-electron chi connectivity index (χ2n) is 10.7. The smallest absolute Gasteiger partial charge is 0.234 e. The molecule has 3 aromatic rings. The lowest BCUT2D eigenvalue weighted by molar-refractivity contribution is -0.124. The van der Waals surface area contributed by atoms with Gasteiger partial charge in [-0.3, -0.25) is 19.4 Å². The third-order valence-electron chi connectivity index (χ3n) is 8.16. The highest BCUT2D eigenvalue weighted by atomic mass is 16.2. The fourth-order valence-corrected chi connectivity index (χ4v) is 6.54. The van der Waals surface area contributed by atoms with Crippen LogP contribution in [0.4, 0.5) is 0 Å². The maximum absolute atomic E-state index is 12.9. The highest BCUT2D eigenvalue weighted by Crippen LogP contribution is 2.46. The van der Waals surface area contributed by atoms with Crippen LogP contribution < -0.4 is 10.6 Å². The summed E-state index contributed by atoms with van der Waals surface area (Å²) in [5.41, 5.74) is 5.56. The predicted molar refractivity (Wildman–Crippen MR) is 143 cm³/mol. The van der Waals surface area contributed by atoms with Crippen LogP contribution in [0.5, 0.6) is 0 Å². The first kappa shape index (κ1) is 24.5. The molecule has 0 spiro atoms. The summed E-state index contributed by atoms with van der Waals surface area (Å²) in [5, 5.41) is 7.63.